The molecule has 0 aliphatic carbocycles. The van der Waals surface area contributed by atoms with Gasteiger partial charge >= 0.3 is 0 Å². The molecule has 4 heterocycles. The summed E-state index contributed by atoms with van der Waals surface area (Å²) in [6.45, 7) is 0. The number of nitrogens with zero attached hydrogens (tertiary/aromatic N) is 6. The number of fused-ring (bicyclic) bond motifs is 1. The fourth-order valence-corrected chi connectivity index (χ4v) is 2.24. The molecule has 2 N–H and O–H groups in total. The lowest BCUT2D eigenvalue weighted by Gasteiger charge is -2.06. The highest BCUT2D eigenvalue weighted by atomic mass is 16.2. The van der Waals surface area contributed by atoms with Crippen LogP contribution >= 0.6 is 0 Å². The van der Waals surface area contributed by atoms with Crippen LogP contribution in [-0.4, -0.2) is 40.0 Å². The number of aryl methyl sites for hydroxylation is 1. The summed E-state index contributed by atoms with van der Waals surface area (Å²) in [7, 11) is 1.83. The number of anilines is 1. The maximum Gasteiger partial charge on any atom is 0.277 e. The predicted molar refractivity (Wildman–Crippen MR) is 82.2 cm³/mol. The fourth-order valence-electron chi connectivity index (χ4n) is 2.24. The molecule has 0 unspecified atom stereocenters. The highest BCUT2D eigenvalue weighted by molar-refractivity contribution is 6.09. The Morgan fingerprint density at radius 1 is 1.30 bits per heavy atom. The smallest absolute Gasteiger partial charge is 0.277 e. The van der Waals surface area contributed by atoms with Crippen molar-refractivity contribution < 1.29 is 4.79 Å². The number of aromatic amines is 1. The third kappa shape index (κ3) is 2.33. The predicted octanol–water partition coefficient (Wildman–Crippen LogP) is 1.13. The van der Waals surface area contributed by atoms with Crippen LogP contribution < -0.4 is 5.32 Å². The topological polar surface area (TPSA) is 106 Å². The standard InChI is InChI=1S/C14H12N8O/c1-21-6-10(17-8-21)19-13(23)12-11-9(2-3-16-11)18-14(20-12)22-5-4-15-7-22/h2-8,16H,1H3,(H,19,23). The number of hydrogen-bond donors (Lipinski definition) is 2. The molecule has 9 heteroatoms. The number of H-pyrrole nitrogens is 1. The summed E-state index contributed by atoms with van der Waals surface area (Å²) in [6.07, 6.45) is 9.95. The number of carbonyl (C=O) groups excluding carboxylic acids is 1. The molecule has 4 aromatic rings. The van der Waals surface area contributed by atoms with E-state index in [1.807, 2.05) is 7.05 Å². The highest BCUT2D eigenvalue weighted by Crippen LogP contribution is 2.17. The molecule has 23 heavy (non-hydrogen) atoms. The van der Waals surface area contributed by atoms with Gasteiger partial charge in [0.2, 0.25) is 5.95 Å². The van der Waals surface area contributed by atoms with E-state index in [1.165, 1.54) is 0 Å². The lowest BCUT2D eigenvalue weighted by atomic mass is 10.3. The third-order valence-electron chi connectivity index (χ3n) is 3.29. The summed E-state index contributed by atoms with van der Waals surface area (Å²) >= 11 is 0. The van der Waals surface area contributed by atoms with Crippen LogP contribution in [0.25, 0.3) is 17.0 Å². The van der Waals surface area contributed by atoms with Crippen LogP contribution in [0.2, 0.25) is 0 Å². The van der Waals surface area contributed by atoms with Crippen molar-refractivity contribution in [1.29, 1.82) is 0 Å². The first kappa shape index (κ1) is 13.2. The van der Waals surface area contributed by atoms with E-state index in [4.69, 9.17) is 0 Å². The van der Waals surface area contributed by atoms with Gasteiger partial charge in [0, 0.05) is 31.8 Å². The van der Waals surface area contributed by atoms with Gasteiger partial charge in [0.25, 0.3) is 5.91 Å². The summed E-state index contributed by atoms with van der Waals surface area (Å²) in [5.74, 6) is 0.473. The number of nitrogens with one attached hydrogen (secondary N) is 2. The van der Waals surface area contributed by atoms with Crippen LogP contribution in [-0.2, 0) is 7.05 Å². The Labute approximate surface area is 130 Å². The monoisotopic (exact) mass is 308 g/mol. The second-order valence-electron chi connectivity index (χ2n) is 4.96. The summed E-state index contributed by atoms with van der Waals surface area (Å²) in [4.78, 5) is 32.4. The summed E-state index contributed by atoms with van der Waals surface area (Å²) < 4.78 is 3.39. The molecule has 0 radical (unpaired) electrons. The molecule has 114 valence electrons. The quantitative estimate of drug-likeness (QED) is 0.590. The van der Waals surface area contributed by atoms with Crippen LogP contribution in [0.15, 0.2) is 43.5 Å². The van der Waals surface area contributed by atoms with E-state index in [9.17, 15) is 4.79 Å². The maximum absolute atomic E-state index is 12.6. The van der Waals surface area contributed by atoms with Crippen LogP contribution in [0.3, 0.4) is 0 Å². The molecule has 0 fully saturated rings. The fraction of sp³-hybridized carbons (Fsp3) is 0.0714. The highest BCUT2D eigenvalue weighted by Gasteiger charge is 2.17. The van der Waals surface area contributed by atoms with Gasteiger partial charge in [-0.15, -0.1) is 0 Å². The molecular weight excluding hydrogens is 296 g/mol. The lowest BCUT2D eigenvalue weighted by molar-refractivity contribution is 0.102. The number of aromatic nitrogens is 7. The zero-order valence-corrected chi connectivity index (χ0v) is 12.1. The van der Waals surface area contributed by atoms with Gasteiger partial charge in [0.1, 0.15) is 6.33 Å². The average Bonchev–Trinajstić information content (AvgIpc) is 3.27. The molecule has 0 spiro atoms. The van der Waals surface area contributed by atoms with Crippen molar-refractivity contribution in [3.63, 3.8) is 0 Å². The normalized spacial score (nSPS) is 11.0. The van der Waals surface area contributed by atoms with Crippen molar-refractivity contribution in [3.05, 3.63) is 49.2 Å². The Morgan fingerprint density at radius 2 is 2.22 bits per heavy atom. The summed E-state index contributed by atoms with van der Waals surface area (Å²) in [5, 5.41) is 2.73. The minimum Gasteiger partial charge on any atom is -0.358 e. The van der Waals surface area contributed by atoms with E-state index >= 15 is 0 Å². The van der Waals surface area contributed by atoms with E-state index in [0.29, 0.717) is 22.8 Å². The van der Waals surface area contributed by atoms with Gasteiger partial charge in [0.05, 0.1) is 17.4 Å². The SMILES string of the molecule is Cn1cnc(NC(=O)c2nc(-n3ccnc3)nc3cc[nH]c23)c1. The van der Waals surface area contributed by atoms with Crippen molar-refractivity contribution in [3.8, 4) is 5.95 Å². The molecule has 0 atom stereocenters. The Balaban J connectivity index is 1.78. The minimum atomic E-state index is -0.361. The molecule has 0 saturated heterocycles. The molecule has 4 aromatic heterocycles. The van der Waals surface area contributed by atoms with E-state index in [-0.39, 0.29) is 11.6 Å². The first-order valence-electron chi connectivity index (χ1n) is 6.83. The molecule has 0 aliphatic heterocycles. The molecule has 0 saturated carbocycles. The van der Waals surface area contributed by atoms with Gasteiger partial charge in [0.15, 0.2) is 11.5 Å². The molecule has 4 rings (SSSR count). The number of hydrogen-bond acceptors (Lipinski definition) is 5. The Hall–Kier alpha value is -3.49. The van der Waals surface area contributed by atoms with Crippen molar-refractivity contribution in [2.24, 2.45) is 7.05 Å². The summed E-state index contributed by atoms with van der Waals surface area (Å²) in [5.41, 5.74) is 1.46. The van der Waals surface area contributed by atoms with Gasteiger partial charge in [-0.05, 0) is 6.07 Å². The molecule has 1 amide bonds. The van der Waals surface area contributed by atoms with Crippen LogP contribution in [0.4, 0.5) is 5.82 Å². The van der Waals surface area contributed by atoms with Crippen molar-refractivity contribution in [2.45, 2.75) is 0 Å². The Bertz CT molecular complexity index is 981. The van der Waals surface area contributed by atoms with E-state index in [0.717, 1.165) is 0 Å². The molecule has 0 bridgehead atoms. The van der Waals surface area contributed by atoms with Crippen LogP contribution in [0.5, 0.6) is 0 Å². The largest absolute Gasteiger partial charge is 0.358 e. The maximum atomic E-state index is 12.6. The van der Waals surface area contributed by atoms with E-state index in [1.54, 1.807) is 52.6 Å². The number of imidazole rings is 2. The average molecular weight is 308 g/mol. The van der Waals surface area contributed by atoms with Crippen LogP contribution in [0, 0.1) is 0 Å². The number of amides is 1. The van der Waals surface area contributed by atoms with Gasteiger partial charge in [-0.1, -0.05) is 0 Å². The van der Waals surface area contributed by atoms with Gasteiger partial charge in [-0.3, -0.25) is 9.36 Å². The first-order chi connectivity index (χ1) is 11.2. The van der Waals surface area contributed by atoms with Crippen molar-refractivity contribution >= 4 is 22.8 Å². The third-order valence-corrected chi connectivity index (χ3v) is 3.29. The van der Waals surface area contributed by atoms with Gasteiger partial charge in [-0.25, -0.2) is 19.9 Å². The van der Waals surface area contributed by atoms with E-state index < -0.39 is 0 Å². The lowest BCUT2D eigenvalue weighted by Crippen LogP contribution is -2.16. The zero-order chi connectivity index (χ0) is 15.8. The molecule has 0 aromatic carbocycles. The van der Waals surface area contributed by atoms with E-state index in [2.05, 4.69) is 30.2 Å². The Kier molecular flexibility index (Phi) is 2.90. The van der Waals surface area contributed by atoms with Gasteiger partial charge in [-0.2, -0.15) is 0 Å². The van der Waals surface area contributed by atoms with Crippen molar-refractivity contribution in [2.75, 3.05) is 5.32 Å². The minimum absolute atomic E-state index is 0.245. The number of carbonyl (C=O) groups is 1. The van der Waals surface area contributed by atoms with Crippen molar-refractivity contribution in [1.82, 2.24) is 34.1 Å². The second-order valence-corrected chi connectivity index (χ2v) is 4.96. The zero-order valence-electron chi connectivity index (χ0n) is 12.1. The number of rotatable bonds is 3. The van der Waals surface area contributed by atoms with Crippen LogP contribution in [0.1, 0.15) is 10.5 Å². The Morgan fingerprint density at radius 3 is 2.96 bits per heavy atom. The summed E-state index contributed by atoms with van der Waals surface area (Å²) in [6, 6.07) is 1.79. The first-order valence-corrected chi connectivity index (χ1v) is 6.83. The molecular formula is C14H12N8O. The molecule has 0 aliphatic rings. The second kappa shape index (κ2) is 5.05. The molecule has 9 nitrogen and oxygen atoms in total. The van der Waals surface area contributed by atoms with Gasteiger partial charge < -0.3 is 14.9 Å².